The number of ketones is 1. The molecule has 232 valence electrons. The van der Waals surface area contributed by atoms with Gasteiger partial charge in [-0.25, -0.2) is 8.78 Å². The summed E-state index contributed by atoms with van der Waals surface area (Å²) in [5.41, 5.74) is 15.8. The lowest BCUT2D eigenvalue weighted by Crippen LogP contribution is -2.52. The number of hydrogen-bond donors (Lipinski definition) is 5. The number of carbonyl (C=O) groups excluding carboxylic acids is 3. The Kier molecular flexibility index (Phi) is 13.2. The minimum atomic E-state index is -4.65. The van der Waals surface area contributed by atoms with Crippen molar-refractivity contribution in [2.75, 3.05) is 39.5 Å². The van der Waals surface area contributed by atoms with Crippen molar-refractivity contribution in [1.29, 1.82) is 0 Å². The lowest BCUT2D eigenvalue weighted by molar-refractivity contribution is -0.137. The van der Waals surface area contributed by atoms with Gasteiger partial charge in [-0.3, -0.25) is 14.4 Å². The molecule has 0 fully saturated rings. The van der Waals surface area contributed by atoms with Gasteiger partial charge in [-0.15, -0.1) is 0 Å². The standard InChI is InChI=1S/C27H34F5N5O5/c28-7-12-42-22-6-1-16(13-19(22)29)14-21(38)24(25(40)17-2-4-18(5-3-17)27(30,31)32)36-26(41)20(35)15-23(39)37(10-8-33)11-9-34/h1-6,13,20,24-25,40H,7-12,14-15,33-35H2,(H,36,41)/t20-,24+,25+/m0/s1. The number of Topliss-reactive ketones (excluding diaryl/α,β-unsaturated/α-hetero) is 1. The van der Waals surface area contributed by atoms with Crippen LogP contribution in [-0.2, 0) is 27.0 Å². The van der Waals surface area contributed by atoms with Crippen LogP contribution in [0.5, 0.6) is 5.75 Å². The van der Waals surface area contributed by atoms with Crippen molar-refractivity contribution in [2.45, 2.75) is 37.2 Å². The second kappa shape index (κ2) is 16.1. The number of aliphatic hydroxyl groups is 1. The molecule has 42 heavy (non-hydrogen) atoms. The van der Waals surface area contributed by atoms with Gasteiger partial charge < -0.3 is 37.3 Å². The van der Waals surface area contributed by atoms with Crippen molar-refractivity contribution in [3.05, 3.63) is 65.0 Å². The Hall–Kier alpha value is -3.66. The van der Waals surface area contributed by atoms with Crippen LogP contribution in [-0.4, -0.2) is 79.1 Å². The van der Waals surface area contributed by atoms with Gasteiger partial charge in [0.1, 0.15) is 25.4 Å². The average molecular weight is 604 g/mol. The smallest absolute Gasteiger partial charge is 0.416 e. The first kappa shape index (κ1) is 34.5. The number of rotatable bonds is 16. The van der Waals surface area contributed by atoms with Gasteiger partial charge in [0.05, 0.1) is 18.0 Å². The van der Waals surface area contributed by atoms with Gasteiger partial charge in [-0.2, -0.15) is 13.2 Å². The largest absolute Gasteiger partial charge is 0.488 e. The summed E-state index contributed by atoms with van der Waals surface area (Å²) in [5.74, 6) is -3.54. The van der Waals surface area contributed by atoms with E-state index in [-0.39, 0.29) is 49.7 Å². The number of halogens is 5. The maximum atomic E-state index is 14.4. The Balaban J connectivity index is 2.29. The number of nitrogens with zero attached hydrogens (tertiary/aromatic N) is 1. The molecule has 0 saturated carbocycles. The lowest BCUT2D eigenvalue weighted by atomic mass is 9.94. The molecule has 2 aromatic carbocycles. The quantitative estimate of drug-likeness (QED) is 0.177. The van der Waals surface area contributed by atoms with Gasteiger partial charge in [0.2, 0.25) is 11.8 Å². The number of ether oxygens (including phenoxy) is 1. The first-order valence-electron chi connectivity index (χ1n) is 12.9. The number of aliphatic hydroxyl groups excluding tert-OH is 1. The van der Waals surface area contributed by atoms with E-state index in [4.69, 9.17) is 21.9 Å². The predicted octanol–water partition coefficient (Wildman–Crippen LogP) is 0.986. The van der Waals surface area contributed by atoms with Gasteiger partial charge >= 0.3 is 6.18 Å². The summed E-state index contributed by atoms with van der Waals surface area (Å²) in [6, 6.07) is 3.48. The number of carbonyl (C=O) groups is 3. The first-order valence-corrected chi connectivity index (χ1v) is 12.9. The molecule has 0 bridgehead atoms. The van der Waals surface area contributed by atoms with Crippen LogP contribution in [0.4, 0.5) is 22.0 Å². The van der Waals surface area contributed by atoms with E-state index in [1.165, 1.54) is 17.0 Å². The van der Waals surface area contributed by atoms with E-state index in [1.54, 1.807) is 0 Å². The number of alkyl halides is 4. The highest BCUT2D eigenvalue weighted by molar-refractivity contribution is 5.94. The van der Waals surface area contributed by atoms with E-state index < -0.39 is 72.9 Å². The molecule has 0 aromatic heterocycles. The highest BCUT2D eigenvalue weighted by Crippen LogP contribution is 2.30. The van der Waals surface area contributed by atoms with E-state index in [1.807, 2.05) is 0 Å². The average Bonchev–Trinajstić information content (AvgIpc) is 2.94. The molecule has 0 radical (unpaired) electrons. The van der Waals surface area contributed by atoms with E-state index in [2.05, 4.69) is 5.32 Å². The van der Waals surface area contributed by atoms with Crippen molar-refractivity contribution < 1.29 is 46.2 Å². The fourth-order valence-electron chi connectivity index (χ4n) is 3.97. The first-order chi connectivity index (χ1) is 19.8. The van der Waals surface area contributed by atoms with Gasteiger partial charge in [0, 0.05) is 32.6 Å². The molecular weight excluding hydrogens is 569 g/mol. The predicted molar refractivity (Wildman–Crippen MR) is 142 cm³/mol. The van der Waals surface area contributed by atoms with Crippen molar-refractivity contribution in [3.8, 4) is 5.75 Å². The Labute approximate surface area is 239 Å². The summed E-state index contributed by atoms with van der Waals surface area (Å²) in [5, 5.41) is 13.2. The van der Waals surface area contributed by atoms with Crippen LogP contribution in [0.3, 0.4) is 0 Å². The fraction of sp³-hybridized carbons (Fsp3) is 0.444. The van der Waals surface area contributed by atoms with E-state index in [9.17, 15) is 41.4 Å². The Morgan fingerprint density at radius 3 is 2.17 bits per heavy atom. The molecule has 0 aliphatic carbocycles. The molecule has 0 unspecified atom stereocenters. The molecular formula is C27H34F5N5O5. The van der Waals surface area contributed by atoms with Crippen molar-refractivity contribution in [2.24, 2.45) is 17.2 Å². The van der Waals surface area contributed by atoms with E-state index in [0.717, 1.165) is 18.2 Å². The SMILES string of the molecule is NCCN(CCN)C(=O)C[C@H](N)C(=O)N[C@H](C(=O)Cc1ccc(OCCF)c(F)c1)[C@H](O)c1ccc(C(F)(F)F)cc1. The number of nitrogens with one attached hydrogen (secondary N) is 1. The van der Waals surface area contributed by atoms with E-state index >= 15 is 0 Å². The summed E-state index contributed by atoms with van der Waals surface area (Å²) < 4.78 is 70.6. The molecule has 2 amide bonds. The third kappa shape index (κ3) is 10.0. The molecule has 0 aliphatic heterocycles. The molecule has 10 nitrogen and oxygen atoms in total. The number of amides is 2. The summed E-state index contributed by atoms with van der Waals surface area (Å²) >= 11 is 0. The molecule has 0 heterocycles. The van der Waals surface area contributed by atoms with Crippen molar-refractivity contribution in [3.63, 3.8) is 0 Å². The number of nitrogens with two attached hydrogens (primary N) is 3. The maximum Gasteiger partial charge on any atom is 0.416 e. The topological polar surface area (TPSA) is 174 Å². The Morgan fingerprint density at radius 2 is 1.64 bits per heavy atom. The van der Waals surface area contributed by atoms with Crippen LogP contribution < -0.4 is 27.3 Å². The second-order valence-electron chi connectivity index (χ2n) is 9.26. The normalized spacial score (nSPS) is 13.6. The van der Waals surface area contributed by atoms with Gasteiger partial charge in [-0.05, 0) is 35.4 Å². The van der Waals surface area contributed by atoms with Crippen LogP contribution in [0.25, 0.3) is 0 Å². The van der Waals surface area contributed by atoms with Crippen LogP contribution in [0.2, 0.25) is 0 Å². The molecule has 2 aromatic rings. The summed E-state index contributed by atoms with van der Waals surface area (Å²) in [6.07, 6.45) is -7.51. The lowest BCUT2D eigenvalue weighted by Gasteiger charge is -2.26. The van der Waals surface area contributed by atoms with Crippen LogP contribution in [0.1, 0.15) is 29.2 Å². The molecule has 0 spiro atoms. The zero-order valence-electron chi connectivity index (χ0n) is 22.6. The van der Waals surface area contributed by atoms with Crippen molar-refractivity contribution >= 4 is 17.6 Å². The molecule has 2 rings (SSSR count). The highest BCUT2D eigenvalue weighted by Gasteiger charge is 2.34. The third-order valence-corrected chi connectivity index (χ3v) is 6.13. The zero-order valence-corrected chi connectivity index (χ0v) is 22.6. The minimum absolute atomic E-state index is 0.0997. The molecule has 0 aliphatic rings. The molecule has 8 N–H and O–H groups in total. The zero-order chi connectivity index (χ0) is 31.4. The molecule has 3 atom stereocenters. The van der Waals surface area contributed by atoms with Gasteiger partial charge in [-0.1, -0.05) is 18.2 Å². The molecule has 15 heteroatoms. The highest BCUT2D eigenvalue weighted by atomic mass is 19.4. The summed E-state index contributed by atoms with van der Waals surface area (Å²) in [6.45, 7) is -0.659. The summed E-state index contributed by atoms with van der Waals surface area (Å²) in [4.78, 5) is 40.1. The molecule has 0 saturated heterocycles. The van der Waals surface area contributed by atoms with Gasteiger partial charge in [0.25, 0.3) is 0 Å². The second-order valence-corrected chi connectivity index (χ2v) is 9.26. The van der Waals surface area contributed by atoms with Crippen LogP contribution in [0, 0.1) is 5.82 Å². The van der Waals surface area contributed by atoms with Gasteiger partial charge in [0.15, 0.2) is 17.3 Å². The number of benzene rings is 2. The third-order valence-electron chi connectivity index (χ3n) is 6.13. The minimum Gasteiger partial charge on any atom is -0.488 e. The monoisotopic (exact) mass is 603 g/mol. The van der Waals surface area contributed by atoms with Crippen molar-refractivity contribution in [1.82, 2.24) is 10.2 Å². The number of hydrogen-bond acceptors (Lipinski definition) is 8. The van der Waals surface area contributed by atoms with Crippen LogP contribution in [0.15, 0.2) is 42.5 Å². The maximum absolute atomic E-state index is 14.4. The summed E-state index contributed by atoms with van der Waals surface area (Å²) in [7, 11) is 0. The Bertz CT molecular complexity index is 1190. The Morgan fingerprint density at radius 1 is 1.02 bits per heavy atom. The van der Waals surface area contributed by atoms with E-state index in [0.29, 0.717) is 12.1 Å². The fourth-order valence-corrected chi connectivity index (χ4v) is 3.97. The van der Waals surface area contributed by atoms with Crippen LogP contribution >= 0.6 is 0 Å².